The van der Waals surface area contributed by atoms with Gasteiger partial charge in [-0.3, -0.25) is 14.9 Å². The molecule has 0 unspecified atom stereocenters. The number of thioether (sulfide) groups is 1. The van der Waals surface area contributed by atoms with Crippen molar-refractivity contribution in [3.63, 3.8) is 0 Å². The third-order valence-corrected chi connectivity index (χ3v) is 4.22. The maximum Gasteiger partial charge on any atom is 0.345 e. The van der Waals surface area contributed by atoms with Crippen LogP contribution in [0.1, 0.15) is 6.92 Å². The summed E-state index contributed by atoms with van der Waals surface area (Å²) < 4.78 is 4.89. The zero-order chi connectivity index (χ0) is 14.5. The van der Waals surface area contributed by atoms with E-state index in [1.807, 2.05) is 4.90 Å². The Labute approximate surface area is 123 Å². The SMILES string of the molecule is CC(=O)OCCN1CCS/C1=N/c1ncc([N+](=O)[O-])s1. The number of aromatic nitrogens is 1. The molecule has 0 atom stereocenters. The van der Waals surface area contributed by atoms with E-state index in [0.29, 0.717) is 18.3 Å². The number of aliphatic imine (C=N–C) groups is 1. The van der Waals surface area contributed by atoms with Gasteiger partial charge < -0.3 is 9.64 Å². The van der Waals surface area contributed by atoms with Crippen LogP contribution in [0.2, 0.25) is 0 Å². The van der Waals surface area contributed by atoms with Gasteiger partial charge in [0.25, 0.3) is 0 Å². The summed E-state index contributed by atoms with van der Waals surface area (Å²) in [6.07, 6.45) is 1.20. The first-order valence-electron chi connectivity index (χ1n) is 5.76. The van der Waals surface area contributed by atoms with Crippen molar-refractivity contribution >= 4 is 44.4 Å². The Morgan fingerprint density at radius 2 is 2.50 bits per heavy atom. The molecule has 0 aliphatic carbocycles. The van der Waals surface area contributed by atoms with Gasteiger partial charge in [0.05, 0.1) is 11.5 Å². The third kappa shape index (κ3) is 3.90. The van der Waals surface area contributed by atoms with Crippen molar-refractivity contribution in [1.82, 2.24) is 9.88 Å². The van der Waals surface area contributed by atoms with Crippen molar-refractivity contribution in [3.05, 3.63) is 16.3 Å². The Kier molecular flexibility index (Phi) is 4.90. The first kappa shape index (κ1) is 14.7. The van der Waals surface area contributed by atoms with Crippen LogP contribution in [-0.2, 0) is 9.53 Å². The van der Waals surface area contributed by atoms with E-state index in [1.54, 1.807) is 11.8 Å². The minimum atomic E-state index is -0.485. The number of carbonyl (C=O) groups excluding carboxylic acids is 1. The standard InChI is InChI=1S/C10H12N4O4S2/c1-7(15)18-4-2-13-3-5-19-10(13)12-9-11-6-8(20-9)14(16)17/h6H,2-5H2,1H3/b12-10+. The van der Waals surface area contributed by atoms with Crippen LogP contribution >= 0.6 is 23.1 Å². The summed E-state index contributed by atoms with van der Waals surface area (Å²) >= 11 is 2.49. The number of ether oxygens (including phenoxy) is 1. The van der Waals surface area contributed by atoms with Crippen LogP contribution in [0.5, 0.6) is 0 Å². The molecule has 0 saturated carbocycles. The van der Waals surface area contributed by atoms with Gasteiger partial charge in [-0.1, -0.05) is 11.8 Å². The van der Waals surface area contributed by atoms with E-state index in [2.05, 4.69) is 9.98 Å². The molecular weight excluding hydrogens is 304 g/mol. The summed E-state index contributed by atoms with van der Waals surface area (Å²) in [6, 6.07) is 0. The lowest BCUT2D eigenvalue weighted by atomic mass is 10.5. The van der Waals surface area contributed by atoms with Crippen molar-refractivity contribution in [2.45, 2.75) is 6.92 Å². The number of amidine groups is 1. The molecule has 108 valence electrons. The summed E-state index contributed by atoms with van der Waals surface area (Å²) in [4.78, 5) is 31.0. The van der Waals surface area contributed by atoms with Gasteiger partial charge in [-0.25, -0.2) is 4.98 Å². The van der Waals surface area contributed by atoms with E-state index in [1.165, 1.54) is 13.1 Å². The van der Waals surface area contributed by atoms with Crippen molar-refractivity contribution in [3.8, 4) is 0 Å². The summed E-state index contributed by atoms with van der Waals surface area (Å²) in [5, 5.41) is 11.7. The summed E-state index contributed by atoms with van der Waals surface area (Å²) in [6.45, 7) is 3.02. The predicted octanol–water partition coefficient (Wildman–Crippen LogP) is 1.65. The molecule has 1 aromatic rings. The second-order valence-electron chi connectivity index (χ2n) is 3.81. The summed E-state index contributed by atoms with van der Waals surface area (Å²) in [5.41, 5.74) is 0. The molecule has 10 heteroatoms. The smallest absolute Gasteiger partial charge is 0.345 e. The van der Waals surface area contributed by atoms with Gasteiger partial charge in [-0.05, 0) is 11.3 Å². The van der Waals surface area contributed by atoms with Crippen molar-refractivity contribution < 1.29 is 14.5 Å². The lowest BCUT2D eigenvalue weighted by Gasteiger charge is -2.16. The maximum atomic E-state index is 10.7. The Hall–Kier alpha value is -1.68. The van der Waals surface area contributed by atoms with Gasteiger partial charge in [-0.2, -0.15) is 4.99 Å². The van der Waals surface area contributed by atoms with Gasteiger partial charge in [0.15, 0.2) is 5.17 Å². The predicted molar refractivity (Wildman–Crippen MR) is 76.5 cm³/mol. The van der Waals surface area contributed by atoms with E-state index in [9.17, 15) is 14.9 Å². The van der Waals surface area contributed by atoms with Gasteiger partial charge in [0, 0.05) is 19.2 Å². The lowest BCUT2D eigenvalue weighted by molar-refractivity contribution is -0.380. The zero-order valence-electron chi connectivity index (χ0n) is 10.6. The molecule has 0 radical (unpaired) electrons. The molecule has 0 bridgehead atoms. The van der Waals surface area contributed by atoms with E-state index < -0.39 is 4.92 Å². The van der Waals surface area contributed by atoms with Crippen LogP contribution in [0.15, 0.2) is 11.2 Å². The molecule has 0 amide bonds. The molecule has 1 saturated heterocycles. The first-order valence-corrected chi connectivity index (χ1v) is 7.56. The quantitative estimate of drug-likeness (QED) is 0.463. The summed E-state index contributed by atoms with van der Waals surface area (Å²) in [7, 11) is 0. The molecule has 1 fully saturated rings. The molecule has 2 heterocycles. The topological polar surface area (TPSA) is 97.9 Å². The molecule has 0 aromatic carbocycles. The largest absolute Gasteiger partial charge is 0.464 e. The zero-order valence-corrected chi connectivity index (χ0v) is 12.3. The number of esters is 1. The average molecular weight is 316 g/mol. The number of carbonyl (C=O) groups is 1. The van der Waals surface area contributed by atoms with Crippen LogP contribution in [0.4, 0.5) is 10.1 Å². The number of thiazole rings is 1. The van der Waals surface area contributed by atoms with Crippen LogP contribution in [0.25, 0.3) is 0 Å². The molecule has 2 rings (SSSR count). The Bertz CT molecular complexity index is 545. The molecule has 20 heavy (non-hydrogen) atoms. The molecule has 1 aromatic heterocycles. The number of hydrogen-bond donors (Lipinski definition) is 0. The van der Waals surface area contributed by atoms with Crippen LogP contribution < -0.4 is 0 Å². The number of nitro groups is 1. The van der Waals surface area contributed by atoms with Gasteiger partial charge in [0.1, 0.15) is 12.8 Å². The van der Waals surface area contributed by atoms with E-state index in [-0.39, 0.29) is 11.0 Å². The van der Waals surface area contributed by atoms with E-state index >= 15 is 0 Å². The minimum absolute atomic E-state index is 0.0289. The third-order valence-electron chi connectivity index (χ3n) is 2.38. The fourth-order valence-corrected chi connectivity index (χ4v) is 3.19. The van der Waals surface area contributed by atoms with Crippen LogP contribution in [0.3, 0.4) is 0 Å². The van der Waals surface area contributed by atoms with Crippen LogP contribution in [-0.4, -0.2) is 51.4 Å². The Balaban J connectivity index is 1.99. The van der Waals surface area contributed by atoms with Crippen LogP contribution in [0, 0.1) is 10.1 Å². The molecule has 1 aliphatic heterocycles. The molecule has 1 aliphatic rings. The monoisotopic (exact) mass is 316 g/mol. The van der Waals surface area contributed by atoms with E-state index in [0.717, 1.165) is 28.8 Å². The van der Waals surface area contributed by atoms with Gasteiger partial charge >= 0.3 is 11.0 Å². The second kappa shape index (κ2) is 6.66. The van der Waals surface area contributed by atoms with Crippen molar-refractivity contribution in [2.24, 2.45) is 4.99 Å². The van der Waals surface area contributed by atoms with Gasteiger partial charge in [-0.15, -0.1) is 0 Å². The highest BCUT2D eigenvalue weighted by molar-refractivity contribution is 8.14. The lowest BCUT2D eigenvalue weighted by Crippen LogP contribution is -2.28. The fraction of sp³-hybridized carbons (Fsp3) is 0.500. The highest BCUT2D eigenvalue weighted by atomic mass is 32.2. The van der Waals surface area contributed by atoms with Crippen molar-refractivity contribution in [1.29, 1.82) is 0 Å². The fourth-order valence-electron chi connectivity index (χ4n) is 1.52. The normalized spacial score (nSPS) is 16.6. The minimum Gasteiger partial charge on any atom is -0.464 e. The maximum absolute atomic E-state index is 10.7. The second-order valence-corrected chi connectivity index (χ2v) is 5.86. The Morgan fingerprint density at radius 3 is 3.15 bits per heavy atom. The number of hydrogen-bond acceptors (Lipinski definition) is 8. The van der Waals surface area contributed by atoms with Gasteiger partial charge in [0.2, 0.25) is 5.13 Å². The Morgan fingerprint density at radius 1 is 1.70 bits per heavy atom. The molecule has 8 nitrogen and oxygen atoms in total. The number of rotatable bonds is 5. The average Bonchev–Trinajstić information content (AvgIpc) is 2.99. The molecule has 0 spiro atoms. The highest BCUT2D eigenvalue weighted by Gasteiger charge is 2.21. The van der Waals surface area contributed by atoms with Crippen molar-refractivity contribution in [2.75, 3.05) is 25.4 Å². The first-order chi connectivity index (χ1) is 9.56. The number of nitrogens with zero attached hydrogens (tertiary/aromatic N) is 4. The molecule has 0 N–H and O–H groups in total. The summed E-state index contributed by atoms with van der Waals surface area (Å²) in [5.74, 6) is 0.567. The highest BCUT2D eigenvalue weighted by Crippen LogP contribution is 2.30. The van der Waals surface area contributed by atoms with E-state index in [4.69, 9.17) is 4.74 Å². The molecular formula is C10H12N4O4S2.